The lowest BCUT2D eigenvalue weighted by molar-refractivity contribution is -0.138. The van der Waals surface area contributed by atoms with Gasteiger partial charge < -0.3 is 14.7 Å². The first-order valence-electron chi connectivity index (χ1n) is 8.57. The molecule has 4 nitrogen and oxygen atoms in total. The molecule has 2 aliphatic rings. The van der Waals surface area contributed by atoms with Gasteiger partial charge in [-0.05, 0) is 43.0 Å². The smallest absolute Gasteiger partial charge is 0.247 e. The Balaban J connectivity index is 1.77. The van der Waals surface area contributed by atoms with Crippen LogP contribution in [0.3, 0.4) is 0 Å². The first-order valence-corrected chi connectivity index (χ1v) is 8.57. The van der Waals surface area contributed by atoms with Gasteiger partial charge in [-0.15, -0.1) is 0 Å². The Hall–Kier alpha value is -1.72. The van der Waals surface area contributed by atoms with Gasteiger partial charge in [0.1, 0.15) is 5.82 Å². The number of aliphatic hydroxyl groups excluding tert-OH is 1. The van der Waals surface area contributed by atoms with E-state index in [2.05, 4.69) is 0 Å². The molecule has 24 heavy (non-hydrogen) atoms. The second-order valence-electron chi connectivity index (χ2n) is 6.67. The van der Waals surface area contributed by atoms with Crippen LogP contribution in [0.5, 0.6) is 0 Å². The van der Waals surface area contributed by atoms with Gasteiger partial charge in [0.15, 0.2) is 0 Å². The maximum atomic E-state index is 13.4. The summed E-state index contributed by atoms with van der Waals surface area (Å²) in [5, 5.41) is 10.2. The van der Waals surface area contributed by atoms with E-state index in [9.17, 15) is 14.3 Å². The van der Waals surface area contributed by atoms with Crippen LogP contribution < -0.4 is 0 Å². The van der Waals surface area contributed by atoms with Crippen molar-refractivity contribution >= 4 is 11.5 Å². The van der Waals surface area contributed by atoms with E-state index in [1.165, 1.54) is 12.1 Å². The standard InChI is InChI=1S/C19H24FNO3/c1-13(14-4-2-5-15(20)11-14)10-19(23)21-8-9-24-12-17(21)16-6-3-7-18(16)22/h2,4-5,10-11,16-18,22H,3,6-9,12H2,1H3/b13-10+. The lowest BCUT2D eigenvalue weighted by Gasteiger charge is -2.39. The number of amides is 1. The molecule has 3 unspecified atom stereocenters. The Kier molecular flexibility index (Phi) is 5.31. The van der Waals surface area contributed by atoms with Crippen LogP contribution in [0.15, 0.2) is 30.3 Å². The largest absolute Gasteiger partial charge is 0.393 e. The van der Waals surface area contributed by atoms with Crippen molar-refractivity contribution in [3.05, 3.63) is 41.7 Å². The Morgan fingerprint density at radius 1 is 1.42 bits per heavy atom. The third kappa shape index (κ3) is 3.68. The molecule has 1 amide bonds. The van der Waals surface area contributed by atoms with Gasteiger partial charge in [0.05, 0.1) is 25.4 Å². The Labute approximate surface area is 141 Å². The van der Waals surface area contributed by atoms with Crippen LogP contribution in [0, 0.1) is 11.7 Å². The molecule has 1 N–H and O–H groups in total. The molecule has 2 fully saturated rings. The van der Waals surface area contributed by atoms with E-state index in [4.69, 9.17) is 4.74 Å². The van der Waals surface area contributed by atoms with Crippen molar-refractivity contribution in [3.8, 4) is 0 Å². The van der Waals surface area contributed by atoms with Gasteiger partial charge in [-0.2, -0.15) is 0 Å². The zero-order valence-electron chi connectivity index (χ0n) is 14.0. The van der Waals surface area contributed by atoms with Gasteiger partial charge in [0.25, 0.3) is 0 Å². The summed E-state index contributed by atoms with van der Waals surface area (Å²) in [7, 11) is 0. The van der Waals surface area contributed by atoms with Gasteiger partial charge in [0.2, 0.25) is 5.91 Å². The molecule has 0 spiro atoms. The fourth-order valence-corrected chi connectivity index (χ4v) is 3.75. The molecule has 1 saturated heterocycles. The predicted molar refractivity (Wildman–Crippen MR) is 89.7 cm³/mol. The number of halogens is 1. The number of nitrogens with zero attached hydrogens (tertiary/aromatic N) is 1. The minimum absolute atomic E-state index is 0.0807. The Morgan fingerprint density at radius 3 is 2.96 bits per heavy atom. The van der Waals surface area contributed by atoms with E-state index < -0.39 is 0 Å². The highest BCUT2D eigenvalue weighted by atomic mass is 19.1. The van der Waals surface area contributed by atoms with Gasteiger partial charge in [0, 0.05) is 18.5 Å². The molecule has 130 valence electrons. The monoisotopic (exact) mass is 333 g/mol. The summed E-state index contributed by atoms with van der Waals surface area (Å²) in [5.74, 6) is -0.327. The van der Waals surface area contributed by atoms with Crippen LogP contribution in [0.1, 0.15) is 31.7 Å². The van der Waals surface area contributed by atoms with Crippen molar-refractivity contribution in [2.24, 2.45) is 5.92 Å². The first-order chi connectivity index (χ1) is 11.6. The zero-order chi connectivity index (χ0) is 17.1. The Morgan fingerprint density at radius 2 is 2.25 bits per heavy atom. The molecule has 3 atom stereocenters. The van der Waals surface area contributed by atoms with Crippen molar-refractivity contribution in [1.82, 2.24) is 4.90 Å². The van der Waals surface area contributed by atoms with E-state index in [-0.39, 0.29) is 29.8 Å². The third-order valence-electron chi connectivity index (χ3n) is 5.09. The number of benzene rings is 1. The first kappa shape index (κ1) is 17.1. The molecule has 1 aliphatic heterocycles. The summed E-state index contributed by atoms with van der Waals surface area (Å²) in [5.41, 5.74) is 1.44. The molecule has 1 aliphatic carbocycles. The molecule has 1 aromatic rings. The SMILES string of the molecule is C/C(=C\C(=O)N1CCOCC1C1CCCC1O)c1cccc(F)c1. The number of hydrogen-bond acceptors (Lipinski definition) is 3. The van der Waals surface area contributed by atoms with Crippen molar-refractivity contribution in [2.45, 2.75) is 38.3 Å². The number of rotatable bonds is 3. The summed E-state index contributed by atoms with van der Waals surface area (Å²) >= 11 is 0. The molecule has 1 aromatic carbocycles. The van der Waals surface area contributed by atoms with E-state index in [0.29, 0.717) is 25.3 Å². The molecule has 0 bridgehead atoms. The average molecular weight is 333 g/mol. The summed E-state index contributed by atoms with van der Waals surface area (Å²) in [6.07, 6.45) is 3.91. The summed E-state index contributed by atoms with van der Waals surface area (Å²) in [6.45, 7) is 3.32. The van der Waals surface area contributed by atoms with E-state index in [1.54, 1.807) is 18.2 Å². The van der Waals surface area contributed by atoms with Crippen LogP contribution in [0.4, 0.5) is 4.39 Å². The number of allylic oxidation sites excluding steroid dienone is 1. The van der Waals surface area contributed by atoms with Crippen molar-refractivity contribution in [2.75, 3.05) is 19.8 Å². The lowest BCUT2D eigenvalue weighted by Crippen LogP contribution is -2.53. The lowest BCUT2D eigenvalue weighted by atomic mass is 9.94. The number of carbonyl (C=O) groups excluding carboxylic acids is 1. The number of hydrogen-bond donors (Lipinski definition) is 1. The maximum absolute atomic E-state index is 13.4. The van der Waals surface area contributed by atoms with Crippen LogP contribution in [0.25, 0.3) is 5.57 Å². The Bertz CT molecular complexity index is 631. The molecular weight excluding hydrogens is 309 g/mol. The highest BCUT2D eigenvalue weighted by Gasteiger charge is 2.39. The van der Waals surface area contributed by atoms with Crippen LogP contribution in [-0.4, -0.2) is 47.8 Å². The molecule has 1 heterocycles. The summed E-state index contributed by atoms with van der Waals surface area (Å²) in [4.78, 5) is 14.6. The fourth-order valence-electron chi connectivity index (χ4n) is 3.75. The quantitative estimate of drug-likeness (QED) is 0.865. The molecule has 0 aromatic heterocycles. The summed E-state index contributed by atoms with van der Waals surface area (Å²) in [6, 6.07) is 6.16. The van der Waals surface area contributed by atoms with E-state index in [1.807, 2.05) is 11.8 Å². The van der Waals surface area contributed by atoms with Gasteiger partial charge >= 0.3 is 0 Å². The predicted octanol–water partition coefficient (Wildman–Crippen LogP) is 2.62. The van der Waals surface area contributed by atoms with Crippen molar-refractivity contribution < 1.29 is 19.0 Å². The van der Waals surface area contributed by atoms with E-state index in [0.717, 1.165) is 24.8 Å². The molecule has 0 radical (unpaired) electrons. The third-order valence-corrected chi connectivity index (χ3v) is 5.09. The van der Waals surface area contributed by atoms with Crippen LogP contribution >= 0.6 is 0 Å². The topological polar surface area (TPSA) is 49.8 Å². The van der Waals surface area contributed by atoms with Crippen molar-refractivity contribution in [3.63, 3.8) is 0 Å². The zero-order valence-corrected chi connectivity index (χ0v) is 14.0. The number of carbonyl (C=O) groups is 1. The minimum Gasteiger partial charge on any atom is -0.393 e. The number of aliphatic hydroxyl groups is 1. The van der Waals surface area contributed by atoms with Gasteiger partial charge in [-0.25, -0.2) is 4.39 Å². The maximum Gasteiger partial charge on any atom is 0.247 e. The number of morpholine rings is 1. The van der Waals surface area contributed by atoms with Crippen LogP contribution in [-0.2, 0) is 9.53 Å². The normalized spacial score (nSPS) is 28.2. The molecule has 1 saturated carbocycles. The van der Waals surface area contributed by atoms with E-state index >= 15 is 0 Å². The van der Waals surface area contributed by atoms with Crippen LogP contribution in [0.2, 0.25) is 0 Å². The average Bonchev–Trinajstić information content (AvgIpc) is 3.00. The van der Waals surface area contributed by atoms with Gasteiger partial charge in [-0.1, -0.05) is 18.6 Å². The molecular formula is C19H24FNO3. The minimum atomic E-state index is -0.361. The molecule has 3 rings (SSSR count). The van der Waals surface area contributed by atoms with Crippen molar-refractivity contribution in [1.29, 1.82) is 0 Å². The molecule has 5 heteroatoms. The fraction of sp³-hybridized carbons (Fsp3) is 0.526. The summed E-state index contributed by atoms with van der Waals surface area (Å²) < 4.78 is 18.9. The highest BCUT2D eigenvalue weighted by Crippen LogP contribution is 2.32. The second-order valence-corrected chi connectivity index (χ2v) is 6.67. The second kappa shape index (κ2) is 7.45. The highest BCUT2D eigenvalue weighted by molar-refractivity contribution is 5.95. The van der Waals surface area contributed by atoms with Gasteiger partial charge in [-0.3, -0.25) is 4.79 Å². The number of ether oxygens (including phenoxy) is 1.